The third-order valence-electron chi connectivity index (χ3n) is 4.24. The van der Waals surface area contributed by atoms with Gasteiger partial charge >= 0.3 is 6.92 Å². The Hall–Kier alpha value is -2.52. The summed E-state index contributed by atoms with van der Waals surface area (Å²) in [6.07, 6.45) is 4.25. The molecule has 0 aromatic heterocycles. The normalized spacial score (nSPS) is 11.2. The van der Waals surface area contributed by atoms with Crippen LogP contribution in [-0.2, 0) is 0 Å². The molecule has 2 nitrogen and oxygen atoms in total. The minimum atomic E-state index is -0.477. The van der Waals surface area contributed by atoms with Crippen LogP contribution in [0.3, 0.4) is 0 Å². The molecule has 0 aliphatic heterocycles. The van der Waals surface area contributed by atoms with E-state index in [0.717, 1.165) is 16.7 Å². The van der Waals surface area contributed by atoms with Gasteiger partial charge in [-0.3, -0.25) is 0 Å². The van der Waals surface area contributed by atoms with E-state index in [2.05, 4.69) is 65.6 Å². The predicted molar refractivity (Wildman–Crippen MR) is 107 cm³/mol. The van der Waals surface area contributed by atoms with Crippen molar-refractivity contribution in [2.45, 2.75) is 6.82 Å². The van der Waals surface area contributed by atoms with Crippen LogP contribution in [0.15, 0.2) is 60.7 Å². The summed E-state index contributed by atoms with van der Waals surface area (Å²) in [6, 6.07) is 20.9. The SMILES string of the molecule is CB(O)c1cc(/C=C/c2cccc3ccccc23)cc(N(C)C)c1. The molecule has 0 spiro atoms. The predicted octanol–water partition coefficient (Wildman–Crippen LogP) is 3.90. The summed E-state index contributed by atoms with van der Waals surface area (Å²) < 4.78 is 0. The molecule has 0 fully saturated rings. The van der Waals surface area contributed by atoms with E-state index >= 15 is 0 Å². The second kappa shape index (κ2) is 6.94. The highest BCUT2D eigenvalue weighted by molar-refractivity contribution is 6.65. The van der Waals surface area contributed by atoms with Crippen molar-refractivity contribution in [2.24, 2.45) is 0 Å². The van der Waals surface area contributed by atoms with Gasteiger partial charge in [-0.25, -0.2) is 0 Å². The summed E-state index contributed by atoms with van der Waals surface area (Å²) in [6.45, 7) is 1.32. The molecule has 0 bridgehead atoms. The monoisotopic (exact) mass is 315 g/mol. The summed E-state index contributed by atoms with van der Waals surface area (Å²) in [5.74, 6) is 0. The van der Waals surface area contributed by atoms with Crippen LogP contribution in [0.5, 0.6) is 0 Å². The van der Waals surface area contributed by atoms with E-state index < -0.39 is 6.92 Å². The molecule has 3 aromatic carbocycles. The number of anilines is 1. The molecule has 0 saturated heterocycles. The van der Waals surface area contributed by atoms with Gasteiger partial charge in [0.1, 0.15) is 0 Å². The zero-order chi connectivity index (χ0) is 17.1. The van der Waals surface area contributed by atoms with Crippen molar-refractivity contribution in [1.29, 1.82) is 0 Å². The van der Waals surface area contributed by atoms with Gasteiger partial charge in [0, 0.05) is 19.8 Å². The lowest BCUT2D eigenvalue weighted by Gasteiger charge is -2.15. The van der Waals surface area contributed by atoms with E-state index in [0.29, 0.717) is 0 Å². The quantitative estimate of drug-likeness (QED) is 0.583. The Kier molecular flexibility index (Phi) is 4.72. The minimum Gasteiger partial charge on any atom is -0.446 e. The van der Waals surface area contributed by atoms with Gasteiger partial charge in [-0.2, -0.15) is 0 Å². The van der Waals surface area contributed by atoms with Gasteiger partial charge in [0.05, 0.1) is 0 Å². The molecule has 0 aliphatic carbocycles. The summed E-state index contributed by atoms with van der Waals surface area (Å²) >= 11 is 0. The number of nitrogens with zero attached hydrogens (tertiary/aromatic N) is 1. The fourth-order valence-corrected chi connectivity index (χ4v) is 2.84. The average molecular weight is 315 g/mol. The molecule has 0 atom stereocenters. The molecular formula is C21H22BNO. The standard InChI is InChI=1S/C21H22BNO/c1-22(24)19-13-16(14-20(15-19)23(2)3)11-12-18-9-6-8-17-7-4-5-10-21(17)18/h4-15,24H,1-3H3/b12-11+. The van der Waals surface area contributed by atoms with Crippen molar-refractivity contribution in [2.75, 3.05) is 19.0 Å². The zero-order valence-corrected chi connectivity index (χ0v) is 14.4. The number of benzene rings is 3. The van der Waals surface area contributed by atoms with Crippen molar-refractivity contribution in [3.05, 3.63) is 71.8 Å². The fourth-order valence-electron chi connectivity index (χ4n) is 2.84. The maximum Gasteiger partial charge on any atom is 0.320 e. The Morgan fingerprint density at radius 2 is 1.67 bits per heavy atom. The molecule has 0 radical (unpaired) electrons. The maximum absolute atomic E-state index is 9.94. The molecule has 3 heteroatoms. The second-order valence-electron chi connectivity index (χ2n) is 6.33. The average Bonchev–Trinajstić information content (AvgIpc) is 2.59. The van der Waals surface area contributed by atoms with Crippen LogP contribution in [0.4, 0.5) is 5.69 Å². The largest absolute Gasteiger partial charge is 0.446 e. The van der Waals surface area contributed by atoms with Gasteiger partial charge in [0.2, 0.25) is 0 Å². The first-order chi connectivity index (χ1) is 11.5. The van der Waals surface area contributed by atoms with Crippen LogP contribution in [0, 0.1) is 0 Å². The summed E-state index contributed by atoms with van der Waals surface area (Å²) in [7, 11) is 4.03. The fraction of sp³-hybridized carbons (Fsp3) is 0.143. The molecule has 0 unspecified atom stereocenters. The molecule has 0 heterocycles. The van der Waals surface area contributed by atoms with E-state index in [9.17, 15) is 5.02 Å². The van der Waals surface area contributed by atoms with Gasteiger partial charge in [-0.05, 0) is 39.5 Å². The van der Waals surface area contributed by atoms with Crippen molar-refractivity contribution >= 4 is 41.0 Å². The van der Waals surface area contributed by atoms with Crippen molar-refractivity contribution in [3.63, 3.8) is 0 Å². The van der Waals surface area contributed by atoms with E-state index in [-0.39, 0.29) is 0 Å². The molecular weight excluding hydrogens is 293 g/mol. The molecule has 3 rings (SSSR count). The second-order valence-corrected chi connectivity index (χ2v) is 6.33. The third kappa shape index (κ3) is 3.52. The van der Waals surface area contributed by atoms with Crippen LogP contribution in [0.2, 0.25) is 6.82 Å². The van der Waals surface area contributed by atoms with Gasteiger partial charge in [-0.15, -0.1) is 0 Å². The third-order valence-corrected chi connectivity index (χ3v) is 4.24. The van der Waals surface area contributed by atoms with Gasteiger partial charge < -0.3 is 9.92 Å². The highest BCUT2D eigenvalue weighted by Crippen LogP contribution is 2.21. The number of hydrogen-bond acceptors (Lipinski definition) is 2. The molecule has 0 saturated carbocycles. The number of hydrogen-bond donors (Lipinski definition) is 1. The van der Waals surface area contributed by atoms with Crippen LogP contribution < -0.4 is 10.4 Å². The first kappa shape index (κ1) is 16.3. The van der Waals surface area contributed by atoms with Crippen molar-refractivity contribution in [1.82, 2.24) is 0 Å². The van der Waals surface area contributed by atoms with Gasteiger partial charge in [0.25, 0.3) is 0 Å². The highest BCUT2D eigenvalue weighted by atomic mass is 16.2. The summed E-state index contributed by atoms with van der Waals surface area (Å²) in [5, 5.41) is 12.4. The molecule has 0 aliphatic rings. The summed E-state index contributed by atoms with van der Waals surface area (Å²) in [4.78, 5) is 2.06. The first-order valence-corrected chi connectivity index (χ1v) is 8.21. The maximum atomic E-state index is 9.94. The highest BCUT2D eigenvalue weighted by Gasteiger charge is 2.09. The topological polar surface area (TPSA) is 23.5 Å². The van der Waals surface area contributed by atoms with Crippen LogP contribution in [0.1, 0.15) is 11.1 Å². The van der Waals surface area contributed by atoms with E-state index in [1.165, 1.54) is 16.3 Å². The lowest BCUT2D eigenvalue weighted by atomic mass is 9.64. The molecule has 0 amide bonds. The van der Waals surface area contributed by atoms with Crippen LogP contribution in [0.25, 0.3) is 22.9 Å². The Morgan fingerprint density at radius 1 is 0.917 bits per heavy atom. The van der Waals surface area contributed by atoms with Gasteiger partial charge in [0.15, 0.2) is 0 Å². The van der Waals surface area contributed by atoms with Crippen LogP contribution >= 0.6 is 0 Å². The summed E-state index contributed by atoms with van der Waals surface area (Å²) in [5.41, 5.74) is 4.30. The Balaban J connectivity index is 2.02. The van der Waals surface area contributed by atoms with Gasteiger partial charge in [-0.1, -0.05) is 67.5 Å². The molecule has 3 aromatic rings. The lowest BCUT2D eigenvalue weighted by Crippen LogP contribution is -2.27. The number of rotatable bonds is 4. The Labute approximate surface area is 144 Å². The number of fused-ring (bicyclic) bond motifs is 1. The molecule has 1 N–H and O–H groups in total. The lowest BCUT2D eigenvalue weighted by molar-refractivity contribution is 0.594. The van der Waals surface area contributed by atoms with E-state index in [1.807, 2.05) is 26.2 Å². The van der Waals surface area contributed by atoms with E-state index in [4.69, 9.17) is 0 Å². The Bertz CT molecular complexity index is 852. The molecule has 120 valence electrons. The van der Waals surface area contributed by atoms with Crippen molar-refractivity contribution in [3.8, 4) is 0 Å². The van der Waals surface area contributed by atoms with Crippen molar-refractivity contribution < 1.29 is 5.02 Å². The smallest absolute Gasteiger partial charge is 0.320 e. The van der Waals surface area contributed by atoms with Crippen LogP contribution in [-0.4, -0.2) is 26.0 Å². The first-order valence-electron chi connectivity index (χ1n) is 8.21. The Morgan fingerprint density at radius 3 is 2.42 bits per heavy atom. The van der Waals surface area contributed by atoms with E-state index in [1.54, 1.807) is 6.82 Å². The zero-order valence-electron chi connectivity index (χ0n) is 14.4. The minimum absolute atomic E-state index is 0.477. The molecule has 24 heavy (non-hydrogen) atoms.